The highest BCUT2D eigenvalue weighted by Gasteiger charge is 2.17. The van der Waals surface area contributed by atoms with Gasteiger partial charge in [-0.15, -0.1) is 0 Å². The highest BCUT2D eigenvalue weighted by Crippen LogP contribution is 2.31. The van der Waals surface area contributed by atoms with Gasteiger partial charge in [-0.1, -0.05) is 0 Å². The van der Waals surface area contributed by atoms with E-state index in [1.807, 2.05) is 20.8 Å². The lowest BCUT2D eigenvalue weighted by Gasteiger charge is -2.19. The maximum absolute atomic E-state index is 11.7. The van der Waals surface area contributed by atoms with Crippen LogP contribution in [0, 0.1) is 6.92 Å². The average Bonchev–Trinajstić information content (AvgIpc) is 3.03. The summed E-state index contributed by atoms with van der Waals surface area (Å²) in [5, 5.41) is 4.19. The fourth-order valence-corrected chi connectivity index (χ4v) is 3.55. The topological polar surface area (TPSA) is 54.1 Å². The molecule has 1 aromatic heterocycles. The third-order valence-corrected chi connectivity index (χ3v) is 4.60. The van der Waals surface area contributed by atoms with Crippen LogP contribution in [-0.4, -0.2) is 23.2 Å². The van der Waals surface area contributed by atoms with Crippen molar-refractivity contribution in [3.63, 3.8) is 0 Å². The summed E-state index contributed by atoms with van der Waals surface area (Å²) in [6.45, 7) is 8.40. The average molecular weight is 328 g/mol. The summed E-state index contributed by atoms with van der Waals surface area (Å²) in [6, 6.07) is 4.70. The first kappa shape index (κ1) is 16.9. The Morgan fingerprint density at radius 2 is 1.96 bits per heavy atom. The standard InChI is InChI=1S/C20H28N2O2/c1-13-16(9-6-10-21-19(23)24-20(2,3)4)17-11-14-7-5-8-15(14)12-18(17)22-13/h11-12,22H,5-10H2,1-4H3,(H,21,23). The summed E-state index contributed by atoms with van der Waals surface area (Å²) in [7, 11) is 0. The highest BCUT2D eigenvalue weighted by atomic mass is 16.6. The molecule has 1 aliphatic rings. The molecule has 3 rings (SSSR count). The van der Waals surface area contributed by atoms with Crippen LogP contribution >= 0.6 is 0 Å². The smallest absolute Gasteiger partial charge is 0.407 e. The molecular weight excluding hydrogens is 300 g/mol. The zero-order chi connectivity index (χ0) is 17.3. The molecule has 0 aliphatic heterocycles. The second-order valence-corrected chi connectivity index (χ2v) is 7.78. The predicted octanol–water partition coefficient (Wildman–Crippen LogP) is 4.42. The van der Waals surface area contributed by atoms with Gasteiger partial charge in [0.25, 0.3) is 0 Å². The van der Waals surface area contributed by atoms with Crippen molar-refractivity contribution in [1.29, 1.82) is 0 Å². The van der Waals surface area contributed by atoms with Crippen LogP contribution < -0.4 is 5.32 Å². The zero-order valence-corrected chi connectivity index (χ0v) is 15.2. The molecule has 130 valence electrons. The largest absolute Gasteiger partial charge is 0.444 e. The third-order valence-electron chi connectivity index (χ3n) is 4.60. The number of nitrogens with one attached hydrogen (secondary N) is 2. The number of aromatic amines is 1. The number of hydrogen-bond donors (Lipinski definition) is 2. The van der Waals surface area contributed by atoms with Gasteiger partial charge in [0.1, 0.15) is 5.60 Å². The van der Waals surface area contributed by atoms with E-state index in [0.29, 0.717) is 6.54 Å². The number of ether oxygens (including phenoxy) is 1. The van der Waals surface area contributed by atoms with Gasteiger partial charge < -0.3 is 15.0 Å². The first-order valence-corrected chi connectivity index (χ1v) is 8.93. The van der Waals surface area contributed by atoms with Gasteiger partial charge in [-0.2, -0.15) is 0 Å². The van der Waals surface area contributed by atoms with Crippen molar-refractivity contribution in [3.8, 4) is 0 Å². The predicted molar refractivity (Wildman–Crippen MR) is 97.6 cm³/mol. The van der Waals surface area contributed by atoms with E-state index in [1.54, 1.807) is 0 Å². The van der Waals surface area contributed by atoms with E-state index in [0.717, 1.165) is 12.8 Å². The Labute approximate surface area is 144 Å². The molecule has 0 bridgehead atoms. The molecule has 4 nitrogen and oxygen atoms in total. The van der Waals surface area contributed by atoms with Crippen molar-refractivity contribution in [1.82, 2.24) is 10.3 Å². The summed E-state index contributed by atoms with van der Waals surface area (Å²) >= 11 is 0. The quantitative estimate of drug-likeness (QED) is 0.816. The molecule has 0 saturated carbocycles. The minimum absolute atomic E-state index is 0.337. The maximum Gasteiger partial charge on any atom is 0.407 e. The Hall–Kier alpha value is -1.97. The van der Waals surface area contributed by atoms with E-state index in [9.17, 15) is 4.79 Å². The molecule has 1 aliphatic carbocycles. The van der Waals surface area contributed by atoms with Crippen LogP contribution in [-0.2, 0) is 24.0 Å². The van der Waals surface area contributed by atoms with Crippen LogP contribution in [0.5, 0.6) is 0 Å². The SMILES string of the molecule is Cc1[nH]c2cc3c(cc2c1CCCNC(=O)OC(C)(C)C)CCC3. The Bertz CT molecular complexity index is 753. The molecule has 0 fully saturated rings. The molecular formula is C20H28N2O2. The number of fused-ring (bicyclic) bond motifs is 2. The number of aryl methyl sites for hydroxylation is 4. The van der Waals surface area contributed by atoms with Crippen molar-refractivity contribution >= 4 is 17.0 Å². The molecule has 2 aromatic rings. The molecule has 0 saturated heterocycles. The minimum Gasteiger partial charge on any atom is -0.444 e. The van der Waals surface area contributed by atoms with Gasteiger partial charge >= 0.3 is 6.09 Å². The number of benzene rings is 1. The van der Waals surface area contributed by atoms with Crippen molar-refractivity contribution in [3.05, 3.63) is 34.5 Å². The Balaban J connectivity index is 1.61. The maximum atomic E-state index is 11.7. The molecule has 1 amide bonds. The van der Waals surface area contributed by atoms with Gasteiger partial charge in [0.15, 0.2) is 0 Å². The van der Waals surface area contributed by atoms with E-state index in [2.05, 4.69) is 29.4 Å². The van der Waals surface area contributed by atoms with E-state index < -0.39 is 5.60 Å². The van der Waals surface area contributed by atoms with Gasteiger partial charge in [-0.3, -0.25) is 0 Å². The van der Waals surface area contributed by atoms with Gasteiger partial charge in [0, 0.05) is 23.1 Å². The molecule has 1 aromatic carbocycles. The Kier molecular flexibility index (Phi) is 4.57. The molecule has 24 heavy (non-hydrogen) atoms. The Morgan fingerprint density at radius 1 is 1.25 bits per heavy atom. The number of carbonyl (C=O) groups is 1. The third kappa shape index (κ3) is 3.74. The van der Waals surface area contributed by atoms with Crippen molar-refractivity contribution in [2.45, 2.75) is 65.4 Å². The van der Waals surface area contributed by atoms with Crippen LogP contribution in [0.4, 0.5) is 4.79 Å². The lowest BCUT2D eigenvalue weighted by atomic mass is 10.0. The van der Waals surface area contributed by atoms with Gasteiger partial charge in [-0.25, -0.2) is 4.79 Å². The first-order chi connectivity index (χ1) is 11.3. The van der Waals surface area contributed by atoms with Crippen LogP contribution in [0.3, 0.4) is 0 Å². The van der Waals surface area contributed by atoms with Gasteiger partial charge in [0.2, 0.25) is 0 Å². The minimum atomic E-state index is -0.447. The lowest BCUT2D eigenvalue weighted by molar-refractivity contribution is 0.0527. The number of rotatable bonds is 4. The number of hydrogen-bond acceptors (Lipinski definition) is 2. The first-order valence-electron chi connectivity index (χ1n) is 8.93. The molecule has 2 N–H and O–H groups in total. The van der Waals surface area contributed by atoms with E-state index in [4.69, 9.17) is 4.74 Å². The number of carbonyl (C=O) groups excluding carboxylic acids is 1. The fraction of sp³-hybridized carbons (Fsp3) is 0.550. The zero-order valence-electron chi connectivity index (χ0n) is 15.2. The van der Waals surface area contributed by atoms with Crippen molar-refractivity contribution in [2.75, 3.05) is 6.54 Å². The summed E-state index contributed by atoms with van der Waals surface area (Å²) in [5.74, 6) is 0. The van der Waals surface area contributed by atoms with Crippen LogP contribution in [0.15, 0.2) is 12.1 Å². The summed E-state index contributed by atoms with van der Waals surface area (Å²) < 4.78 is 5.26. The summed E-state index contributed by atoms with van der Waals surface area (Å²) in [5.41, 5.74) is 6.44. The molecule has 0 unspecified atom stereocenters. The lowest BCUT2D eigenvalue weighted by Crippen LogP contribution is -2.33. The van der Waals surface area contributed by atoms with Crippen LogP contribution in [0.25, 0.3) is 10.9 Å². The summed E-state index contributed by atoms with van der Waals surface area (Å²) in [4.78, 5) is 15.2. The van der Waals surface area contributed by atoms with Crippen LogP contribution in [0.2, 0.25) is 0 Å². The van der Waals surface area contributed by atoms with E-state index >= 15 is 0 Å². The summed E-state index contributed by atoms with van der Waals surface area (Å²) in [6.07, 6.45) is 5.21. The van der Waals surface area contributed by atoms with E-state index in [-0.39, 0.29) is 6.09 Å². The number of H-pyrrole nitrogens is 1. The number of alkyl carbamates (subject to hydrolysis) is 1. The second kappa shape index (κ2) is 6.50. The molecule has 0 spiro atoms. The molecule has 0 atom stereocenters. The van der Waals surface area contributed by atoms with Crippen molar-refractivity contribution in [2.24, 2.45) is 0 Å². The highest BCUT2D eigenvalue weighted by molar-refractivity contribution is 5.86. The van der Waals surface area contributed by atoms with Crippen molar-refractivity contribution < 1.29 is 9.53 Å². The Morgan fingerprint density at radius 3 is 2.67 bits per heavy atom. The van der Waals surface area contributed by atoms with Gasteiger partial charge in [-0.05, 0) is 88.6 Å². The molecule has 1 heterocycles. The molecule has 4 heteroatoms. The van der Waals surface area contributed by atoms with Gasteiger partial charge in [0.05, 0.1) is 0 Å². The number of amides is 1. The fourth-order valence-electron chi connectivity index (χ4n) is 3.55. The number of aromatic nitrogens is 1. The van der Waals surface area contributed by atoms with E-state index in [1.165, 1.54) is 52.5 Å². The monoisotopic (exact) mass is 328 g/mol. The normalized spacial score (nSPS) is 14.0. The second-order valence-electron chi connectivity index (χ2n) is 7.78. The molecule has 0 radical (unpaired) electrons. The van der Waals surface area contributed by atoms with Crippen LogP contribution in [0.1, 0.15) is 56.0 Å².